The molecule has 0 N–H and O–H groups in total. The van der Waals surface area contributed by atoms with E-state index in [9.17, 15) is 4.39 Å². The van der Waals surface area contributed by atoms with Gasteiger partial charge in [0.05, 0.1) is 12.4 Å². The summed E-state index contributed by atoms with van der Waals surface area (Å²) in [5, 5.41) is 4.55. The molecule has 3 rings (SSSR count). The van der Waals surface area contributed by atoms with Crippen molar-refractivity contribution in [2.75, 3.05) is 24.6 Å². The average molecular weight is 277 g/mol. The number of halogens is 1. The first-order valence-electron chi connectivity index (χ1n) is 6.41. The van der Waals surface area contributed by atoms with Crippen LogP contribution < -0.4 is 0 Å². The molecule has 0 bridgehead atoms. The molecule has 0 atom stereocenters. The summed E-state index contributed by atoms with van der Waals surface area (Å²) in [7, 11) is 0. The fourth-order valence-corrected chi connectivity index (χ4v) is 3.14. The van der Waals surface area contributed by atoms with E-state index in [4.69, 9.17) is 0 Å². The van der Waals surface area contributed by atoms with Crippen LogP contribution in [-0.4, -0.2) is 39.3 Å². The number of aromatic nitrogens is 2. The molecule has 0 unspecified atom stereocenters. The van der Waals surface area contributed by atoms with Crippen LogP contribution in [0.5, 0.6) is 0 Å². The summed E-state index contributed by atoms with van der Waals surface area (Å²) in [6, 6.07) is 8.44. The van der Waals surface area contributed by atoms with E-state index in [0.29, 0.717) is 0 Å². The first-order valence-corrected chi connectivity index (χ1v) is 7.56. The average Bonchev–Trinajstić information content (AvgIpc) is 2.89. The zero-order chi connectivity index (χ0) is 13.1. The van der Waals surface area contributed by atoms with Crippen molar-refractivity contribution in [1.82, 2.24) is 14.7 Å². The minimum Gasteiger partial charge on any atom is -0.283 e. The number of hydrogen-bond acceptors (Lipinski definition) is 3. The van der Waals surface area contributed by atoms with Gasteiger partial charge in [-0.3, -0.25) is 9.58 Å². The lowest BCUT2D eigenvalue weighted by molar-refractivity contribution is 0.228. The van der Waals surface area contributed by atoms with Gasteiger partial charge in [0.25, 0.3) is 0 Å². The van der Waals surface area contributed by atoms with Crippen molar-refractivity contribution >= 4 is 11.8 Å². The van der Waals surface area contributed by atoms with Gasteiger partial charge in [-0.25, -0.2) is 4.39 Å². The molecule has 1 aliphatic rings. The smallest absolute Gasteiger partial charge is 0.123 e. The molecule has 3 nitrogen and oxygen atoms in total. The summed E-state index contributed by atoms with van der Waals surface area (Å²) < 4.78 is 14.8. The van der Waals surface area contributed by atoms with Crippen molar-refractivity contribution in [1.29, 1.82) is 0 Å². The lowest BCUT2D eigenvalue weighted by Gasteiger charge is -2.25. The monoisotopic (exact) mass is 277 g/mol. The van der Waals surface area contributed by atoms with Gasteiger partial charge in [0.15, 0.2) is 0 Å². The van der Waals surface area contributed by atoms with E-state index in [-0.39, 0.29) is 5.82 Å². The van der Waals surface area contributed by atoms with Crippen molar-refractivity contribution < 1.29 is 4.39 Å². The topological polar surface area (TPSA) is 21.1 Å². The molecule has 1 aromatic heterocycles. The third-order valence-corrected chi connectivity index (χ3v) is 4.17. The number of nitrogens with zero attached hydrogens (tertiary/aromatic N) is 3. The van der Waals surface area contributed by atoms with Crippen molar-refractivity contribution in [3.05, 3.63) is 42.3 Å². The number of hydrogen-bond donors (Lipinski definition) is 0. The van der Waals surface area contributed by atoms with Crippen molar-refractivity contribution in [2.24, 2.45) is 0 Å². The fourth-order valence-electron chi connectivity index (χ4n) is 2.16. The molecule has 1 fully saturated rings. The third kappa shape index (κ3) is 3.16. The van der Waals surface area contributed by atoms with Gasteiger partial charge in [0, 0.05) is 36.4 Å². The molecule has 0 saturated carbocycles. The van der Waals surface area contributed by atoms with Gasteiger partial charge in [-0.05, 0) is 30.3 Å². The Balaban J connectivity index is 1.70. The lowest BCUT2D eigenvalue weighted by Crippen LogP contribution is -2.34. The summed E-state index contributed by atoms with van der Waals surface area (Å²) in [5.74, 6) is 2.19. The highest BCUT2D eigenvalue weighted by atomic mass is 32.2. The summed E-state index contributed by atoms with van der Waals surface area (Å²) in [6.45, 7) is 3.08. The first kappa shape index (κ1) is 12.7. The summed E-state index contributed by atoms with van der Waals surface area (Å²) in [4.78, 5) is 2.40. The van der Waals surface area contributed by atoms with Crippen LogP contribution in [0.3, 0.4) is 0 Å². The Morgan fingerprint density at radius 2 is 1.84 bits per heavy atom. The second-order valence-electron chi connectivity index (χ2n) is 4.62. The molecule has 19 heavy (non-hydrogen) atoms. The molecule has 2 heterocycles. The van der Waals surface area contributed by atoms with Crippen LogP contribution in [0, 0.1) is 5.82 Å². The standard InChI is InChI=1S/C14H16FN3S/c15-13-3-1-12(2-4-13)14-5-6-18(16-14)11-17-7-9-19-10-8-17/h1-6H,7-11H2. The van der Waals surface area contributed by atoms with Crippen LogP contribution in [-0.2, 0) is 6.67 Å². The molecule has 2 aromatic rings. The van der Waals surface area contributed by atoms with Crippen LogP contribution in [0.1, 0.15) is 0 Å². The summed E-state index contributed by atoms with van der Waals surface area (Å²) in [5.41, 5.74) is 1.85. The maximum absolute atomic E-state index is 12.9. The molecule has 0 aliphatic carbocycles. The molecular weight excluding hydrogens is 261 g/mol. The first-order chi connectivity index (χ1) is 9.31. The van der Waals surface area contributed by atoms with Gasteiger partial charge in [-0.1, -0.05) is 0 Å². The van der Waals surface area contributed by atoms with Gasteiger partial charge >= 0.3 is 0 Å². The quantitative estimate of drug-likeness (QED) is 0.860. The van der Waals surface area contributed by atoms with E-state index in [1.807, 2.05) is 28.7 Å². The molecule has 0 spiro atoms. The number of rotatable bonds is 3. The van der Waals surface area contributed by atoms with Crippen molar-refractivity contribution in [3.63, 3.8) is 0 Å². The van der Waals surface area contributed by atoms with Crippen LogP contribution in [0.25, 0.3) is 11.3 Å². The van der Waals surface area contributed by atoms with Crippen LogP contribution in [0.15, 0.2) is 36.5 Å². The zero-order valence-corrected chi connectivity index (χ0v) is 11.4. The Hall–Kier alpha value is -1.33. The minimum absolute atomic E-state index is 0.214. The third-order valence-electron chi connectivity index (χ3n) is 3.23. The summed E-state index contributed by atoms with van der Waals surface area (Å²) >= 11 is 2.01. The highest BCUT2D eigenvalue weighted by Gasteiger charge is 2.11. The Morgan fingerprint density at radius 3 is 2.58 bits per heavy atom. The van der Waals surface area contributed by atoms with Crippen molar-refractivity contribution in [3.8, 4) is 11.3 Å². The molecule has 1 aromatic carbocycles. The molecule has 0 amide bonds. The number of benzene rings is 1. The highest BCUT2D eigenvalue weighted by molar-refractivity contribution is 7.99. The maximum atomic E-state index is 12.9. The van der Waals surface area contributed by atoms with Crippen LogP contribution in [0.4, 0.5) is 4.39 Å². The Labute approximate surface area is 116 Å². The van der Waals surface area contributed by atoms with E-state index in [2.05, 4.69) is 10.00 Å². The molecule has 5 heteroatoms. The normalized spacial score (nSPS) is 16.7. The molecular formula is C14H16FN3S. The van der Waals surface area contributed by atoms with Gasteiger partial charge in [-0.2, -0.15) is 16.9 Å². The maximum Gasteiger partial charge on any atom is 0.123 e. The van der Waals surface area contributed by atoms with Crippen LogP contribution >= 0.6 is 11.8 Å². The highest BCUT2D eigenvalue weighted by Crippen LogP contribution is 2.17. The Kier molecular flexibility index (Phi) is 3.84. The number of thioether (sulfide) groups is 1. The minimum atomic E-state index is -0.214. The molecule has 0 radical (unpaired) electrons. The SMILES string of the molecule is Fc1ccc(-c2ccn(CN3CCSCC3)n2)cc1. The Morgan fingerprint density at radius 1 is 1.11 bits per heavy atom. The van der Waals surface area contributed by atoms with E-state index in [0.717, 1.165) is 31.0 Å². The van der Waals surface area contributed by atoms with Gasteiger partial charge < -0.3 is 0 Å². The van der Waals surface area contributed by atoms with E-state index in [1.54, 1.807) is 12.1 Å². The molecule has 100 valence electrons. The zero-order valence-electron chi connectivity index (χ0n) is 10.6. The van der Waals surface area contributed by atoms with E-state index >= 15 is 0 Å². The van der Waals surface area contributed by atoms with Gasteiger partial charge in [0.1, 0.15) is 5.82 Å². The van der Waals surface area contributed by atoms with E-state index < -0.39 is 0 Å². The van der Waals surface area contributed by atoms with E-state index in [1.165, 1.54) is 23.6 Å². The largest absolute Gasteiger partial charge is 0.283 e. The van der Waals surface area contributed by atoms with Gasteiger partial charge in [0.2, 0.25) is 0 Å². The summed E-state index contributed by atoms with van der Waals surface area (Å²) in [6.07, 6.45) is 1.99. The lowest BCUT2D eigenvalue weighted by atomic mass is 10.1. The van der Waals surface area contributed by atoms with Gasteiger partial charge in [-0.15, -0.1) is 0 Å². The second kappa shape index (κ2) is 5.75. The second-order valence-corrected chi connectivity index (χ2v) is 5.84. The molecule has 1 aliphatic heterocycles. The fraction of sp³-hybridized carbons (Fsp3) is 0.357. The predicted molar refractivity (Wildman–Crippen MR) is 76.5 cm³/mol. The van der Waals surface area contributed by atoms with Crippen LogP contribution in [0.2, 0.25) is 0 Å². The Bertz CT molecular complexity index is 532. The predicted octanol–water partition coefficient (Wildman–Crippen LogP) is 2.70. The molecule has 1 saturated heterocycles. The van der Waals surface area contributed by atoms with Crippen molar-refractivity contribution in [2.45, 2.75) is 6.67 Å².